The lowest BCUT2D eigenvalue weighted by molar-refractivity contribution is -0.142. The molecule has 0 aromatic heterocycles. The fraction of sp³-hybridized carbons (Fsp3) is 0.529. The first kappa shape index (κ1) is 19.4. The number of sulfonamides is 1. The Balaban J connectivity index is 2.12. The zero-order valence-corrected chi connectivity index (χ0v) is 15.4. The van der Waals surface area contributed by atoms with Gasteiger partial charge in [-0.2, -0.15) is 0 Å². The van der Waals surface area contributed by atoms with Crippen LogP contribution in [0.2, 0.25) is 0 Å². The molecule has 0 aliphatic carbocycles. The van der Waals surface area contributed by atoms with Gasteiger partial charge in [0, 0.05) is 24.7 Å². The van der Waals surface area contributed by atoms with Crippen molar-refractivity contribution in [2.24, 2.45) is 11.8 Å². The number of carboxylic acids is 1. The van der Waals surface area contributed by atoms with Crippen LogP contribution in [0.15, 0.2) is 29.2 Å². The van der Waals surface area contributed by atoms with E-state index in [1.165, 1.54) is 29.2 Å². The van der Waals surface area contributed by atoms with E-state index in [1.807, 2.05) is 13.8 Å². The number of benzene rings is 1. The molecule has 1 aromatic rings. The maximum absolute atomic E-state index is 12.6. The van der Waals surface area contributed by atoms with Gasteiger partial charge >= 0.3 is 5.97 Å². The van der Waals surface area contributed by atoms with Crippen LogP contribution in [-0.2, 0) is 14.8 Å². The topological polar surface area (TPSA) is 104 Å². The highest BCUT2D eigenvalue weighted by Crippen LogP contribution is 2.26. The highest BCUT2D eigenvalue weighted by molar-refractivity contribution is 7.89. The molecular formula is C17H24N2O5S. The summed E-state index contributed by atoms with van der Waals surface area (Å²) < 4.78 is 26.9. The zero-order chi connectivity index (χ0) is 18.8. The van der Waals surface area contributed by atoms with Crippen molar-refractivity contribution >= 4 is 21.9 Å². The van der Waals surface area contributed by atoms with Crippen molar-refractivity contribution in [2.75, 3.05) is 13.1 Å². The third-order valence-electron chi connectivity index (χ3n) is 4.43. The predicted octanol–water partition coefficient (Wildman–Crippen LogP) is 1.56. The Morgan fingerprint density at radius 1 is 1.28 bits per heavy atom. The molecule has 1 aliphatic rings. The molecule has 138 valence electrons. The van der Waals surface area contributed by atoms with Crippen LogP contribution in [-0.4, -0.2) is 49.4 Å². The average Bonchev–Trinajstić information content (AvgIpc) is 2.94. The van der Waals surface area contributed by atoms with Gasteiger partial charge in [-0.1, -0.05) is 13.8 Å². The number of hydrogen-bond donors (Lipinski definition) is 2. The van der Waals surface area contributed by atoms with Gasteiger partial charge < -0.3 is 10.0 Å². The number of carbonyl (C=O) groups is 2. The minimum Gasteiger partial charge on any atom is -0.481 e. The predicted molar refractivity (Wildman–Crippen MR) is 92.7 cm³/mol. The lowest BCUT2D eigenvalue weighted by Crippen LogP contribution is -2.37. The quantitative estimate of drug-likeness (QED) is 0.793. The van der Waals surface area contributed by atoms with E-state index in [-0.39, 0.29) is 22.8 Å². The van der Waals surface area contributed by atoms with Crippen LogP contribution < -0.4 is 4.72 Å². The number of nitrogens with zero attached hydrogens (tertiary/aromatic N) is 1. The van der Waals surface area contributed by atoms with Crippen molar-refractivity contribution in [3.63, 3.8) is 0 Å². The lowest BCUT2D eigenvalue weighted by atomic mass is 10.0. The first-order valence-corrected chi connectivity index (χ1v) is 9.75. The van der Waals surface area contributed by atoms with Gasteiger partial charge in [-0.15, -0.1) is 0 Å². The van der Waals surface area contributed by atoms with Crippen LogP contribution in [0.3, 0.4) is 0 Å². The fourth-order valence-corrected chi connectivity index (χ4v) is 4.07. The summed E-state index contributed by atoms with van der Waals surface area (Å²) in [5.74, 6) is -1.56. The fourth-order valence-electron chi connectivity index (χ4n) is 2.86. The van der Waals surface area contributed by atoms with E-state index in [9.17, 15) is 18.0 Å². The van der Waals surface area contributed by atoms with Crippen molar-refractivity contribution in [1.82, 2.24) is 9.62 Å². The summed E-state index contributed by atoms with van der Waals surface area (Å²) in [7, 11) is -3.60. The van der Waals surface area contributed by atoms with E-state index in [2.05, 4.69) is 4.72 Å². The molecule has 2 rings (SSSR count). The summed E-state index contributed by atoms with van der Waals surface area (Å²) >= 11 is 0. The summed E-state index contributed by atoms with van der Waals surface area (Å²) in [6.45, 7) is 6.26. The van der Waals surface area contributed by atoms with E-state index in [0.29, 0.717) is 25.1 Å². The highest BCUT2D eigenvalue weighted by Gasteiger charge is 2.38. The number of likely N-dealkylation sites (tertiary alicyclic amines) is 1. The van der Waals surface area contributed by atoms with Gasteiger partial charge in [0.05, 0.1) is 10.8 Å². The average molecular weight is 368 g/mol. The standard InChI is InChI=1S/C17H24N2O5S/c1-11(2)10-18-25(23,24)14-6-4-13(5-7-14)16(20)19-9-8-15(12(19)3)17(21)22/h4-7,11-12,15,18H,8-10H2,1-3H3,(H,21,22). The normalized spacial score (nSPS) is 20.9. The molecule has 1 fully saturated rings. The first-order valence-electron chi connectivity index (χ1n) is 8.27. The highest BCUT2D eigenvalue weighted by atomic mass is 32.2. The molecule has 1 aromatic carbocycles. The molecular weight excluding hydrogens is 344 g/mol. The second-order valence-electron chi connectivity index (χ2n) is 6.74. The molecule has 1 saturated heterocycles. The van der Waals surface area contributed by atoms with Crippen LogP contribution >= 0.6 is 0 Å². The van der Waals surface area contributed by atoms with Crippen LogP contribution in [0, 0.1) is 11.8 Å². The maximum Gasteiger partial charge on any atom is 0.308 e. The number of rotatable bonds is 6. The van der Waals surface area contributed by atoms with Gasteiger partial charge in [0.1, 0.15) is 0 Å². The SMILES string of the molecule is CC(C)CNS(=O)(=O)c1ccc(C(=O)N2CCC(C(=O)O)C2C)cc1. The molecule has 8 heteroatoms. The zero-order valence-electron chi connectivity index (χ0n) is 14.6. The Bertz CT molecular complexity index is 743. The van der Waals surface area contributed by atoms with E-state index >= 15 is 0 Å². The lowest BCUT2D eigenvalue weighted by Gasteiger charge is -2.23. The maximum atomic E-state index is 12.6. The summed E-state index contributed by atoms with van der Waals surface area (Å²) in [6, 6.07) is 5.33. The Morgan fingerprint density at radius 3 is 2.36 bits per heavy atom. The molecule has 1 heterocycles. The van der Waals surface area contributed by atoms with Crippen molar-refractivity contribution < 1.29 is 23.1 Å². The first-order chi connectivity index (χ1) is 11.6. The van der Waals surface area contributed by atoms with E-state index in [1.54, 1.807) is 6.92 Å². The minimum atomic E-state index is -3.60. The Hall–Kier alpha value is -1.93. The second kappa shape index (κ2) is 7.53. The van der Waals surface area contributed by atoms with Gasteiger partial charge in [0.25, 0.3) is 5.91 Å². The summed E-state index contributed by atoms with van der Waals surface area (Å²) in [6.07, 6.45) is 0.424. The number of carboxylic acid groups (broad SMARTS) is 1. The van der Waals surface area contributed by atoms with Crippen LogP contribution in [0.25, 0.3) is 0 Å². The van der Waals surface area contributed by atoms with E-state index in [0.717, 1.165) is 0 Å². The van der Waals surface area contributed by atoms with Crippen molar-refractivity contribution in [3.05, 3.63) is 29.8 Å². The summed E-state index contributed by atoms with van der Waals surface area (Å²) in [5, 5.41) is 9.16. The summed E-state index contributed by atoms with van der Waals surface area (Å²) in [4.78, 5) is 25.4. The van der Waals surface area contributed by atoms with Crippen molar-refractivity contribution in [1.29, 1.82) is 0 Å². The van der Waals surface area contributed by atoms with Gasteiger partial charge in [-0.25, -0.2) is 13.1 Å². The van der Waals surface area contributed by atoms with Gasteiger partial charge in [-0.3, -0.25) is 9.59 Å². The van der Waals surface area contributed by atoms with E-state index < -0.39 is 21.9 Å². The number of aliphatic carboxylic acids is 1. The largest absolute Gasteiger partial charge is 0.481 e. The summed E-state index contributed by atoms with van der Waals surface area (Å²) in [5.41, 5.74) is 0.348. The molecule has 25 heavy (non-hydrogen) atoms. The Kier molecular flexibility index (Phi) is 5.84. The minimum absolute atomic E-state index is 0.0996. The van der Waals surface area contributed by atoms with E-state index in [4.69, 9.17) is 5.11 Å². The van der Waals surface area contributed by atoms with Crippen molar-refractivity contribution in [2.45, 2.75) is 38.1 Å². The molecule has 0 spiro atoms. The van der Waals surface area contributed by atoms with Crippen LogP contribution in [0.4, 0.5) is 0 Å². The number of hydrogen-bond acceptors (Lipinski definition) is 4. The van der Waals surface area contributed by atoms with Crippen LogP contribution in [0.1, 0.15) is 37.6 Å². The third-order valence-corrected chi connectivity index (χ3v) is 5.87. The van der Waals surface area contributed by atoms with Crippen molar-refractivity contribution in [3.8, 4) is 0 Å². The molecule has 0 saturated carbocycles. The monoisotopic (exact) mass is 368 g/mol. The molecule has 1 aliphatic heterocycles. The number of amides is 1. The number of nitrogens with one attached hydrogen (secondary N) is 1. The number of carbonyl (C=O) groups excluding carboxylic acids is 1. The molecule has 1 amide bonds. The Labute approximate surface area is 148 Å². The third kappa shape index (κ3) is 4.38. The molecule has 2 atom stereocenters. The smallest absolute Gasteiger partial charge is 0.308 e. The van der Waals surface area contributed by atoms with Gasteiger partial charge in [-0.05, 0) is 43.5 Å². The van der Waals surface area contributed by atoms with Gasteiger partial charge in [0.2, 0.25) is 10.0 Å². The molecule has 2 N–H and O–H groups in total. The molecule has 0 bridgehead atoms. The van der Waals surface area contributed by atoms with Crippen LogP contribution in [0.5, 0.6) is 0 Å². The molecule has 2 unspecified atom stereocenters. The second-order valence-corrected chi connectivity index (χ2v) is 8.51. The molecule has 7 nitrogen and oxygen atoms in total. The van der Waals surface area contributed by atoms with Gasteiger partial charge in [0.15, 0.2) is 0 Å². The molecule has 0 radical (unpaired) electrons. The Morgan fingerprint density at radius 2 is 1.88 bits per heavy atom.